The Morgan fingerprint density at radius 2 is 2.13 bits per heavy atom. The topological polar surface area (TPSA) is 32.3 Å². The molecule has 0 aromatic carbocycles. The Morgan fingerprint density at radius 3 is 2.67 bits per heavy atom. The maximum atomic E-state index is 12.1. The summed E-state index contributed by atoms with van der Waals surface area (Å²) in [6.07, 6.45) is 6.03. The molecule has 1 aliphatic carbocycles. The highest BCUT2D eigenvalue weighted by Crippen LogP contribution is 2.32. The van der Waals surface area contributed by atoms with Crippen LogP contribution < -0.4 is 5.32 Å². The van der Waals surface area contributed by atoms with Crippen molar-refractivity contribution in [1.29, 1.82) is 0 Å². The van der Waals surface area contributed by atoms with Gasteiger partial charge in [-0.05, 0) is 31.6 Å². The summed E-state index contributed by atoms with van der Waals surface area (Å²) in [7, 11) is 0. The van der Waals surface area contributed by atoms with Crippen molar-refractivity contribution in [3.8, 4) is 0 Å². The number of nitrogens with one attached hydrogen (secondary N) is 1. The summed E-state index contributed by atoms with van der Waals surface area (Å²) in [6.45, 7) is 5.28. The predicted octanol–water partition coefficient (Wildman–Crippen LogP) is 1.73. The molecular formula is C12H22N2O. The number of carbonyl (C=O) groups excluding carboxylic acids is 1. The molecule has 1 aliphatic heterocycles. The van der Waals surface area contributed by atoms with E-state index in [-0.39, 0.29) is 6.04 Å². The summed E-state index contributed by atoms with van der Waals surface area (Å²) >= 11 is 0. The van der Waals surface area contributed by atoms with Crippen LogP contribution in [0.1, 0.15) is 46.0 Å². The van der Waals surface area contributed by atoms with Crippen molar-refractivity contribution in [2.45, 2.75) is 58.2 Å². The minimum absolute atomic E-state index is 0.0960. The van der Waals surface area contributed by atoms with Gasteiger partial charge in [0.1, 0.15) is 0 Å². The van der Waals surface area contributed by atoms with Crippen molar-refractivity contribution >= 4 is 5.91 Å². The molecule has 2 fully saturated rings. The Balaban J connectivity index is 1.96. The number of amides is 1. The van der Waals surface area contributed by atoms with Crippen LogP contribution in [0.2, 0.25) is 0 Å². The van der Waals surface area contributed by atoms with Crippen LogP contribution in [0.15, 0.2) is 0 Å². The molecule has 2 atom stereocenters. The van der Waals surface area contributed by atoms with Crippen LogP contribution >= 0.6 is 0 Å². The van der Waals surface area contributed by atoms with Gasteiger partial charge in [0.05, 0.1) is 12.2 Å². The second-order valence-electron chi connectivity index (χ2n) is 4.87. The molecule has 0 spiro atoms. The Morgan fingerprint density at radius 1 is 1.40 bits per heavy atom. The van der Waals surface area contributed by atoms with E-state index in [1.807, 2.05) is 0 Å². The first kappa shape index (κ1) is 10.9. The predicted molar refractivity (Wildman–Crippen MR) is 60.3 cm³/mol. The molecule has 1 amide bonds. The Bertz CT molecular complexity index is 238. The number of rotatable bonds is 5. The lowest BCUT2D eigenvalue weighted by Gasteiger charge is -2.22. The highest BCUT2D eigenvalue weighted by atomic mass is 16.2. The SMILES string of the molecule is CCCC1NC(CC)N(CC2CC2)C1=O. The number of carbonyl (C=O) groups is 1. The lowest BCUT2D eigenvalue weighted by Crippen LogP contribution is -2.38. The molecule has 2 unspecified atom stereocenters. The fourth-order valence-corrected chi connectivity index (χ4v) is 2.38. The van der Waals surface area contributed by atoms with Gasteiger partial charge < -0.3 is 4.90 Å². The largest absolute Gasteiger partial charge is 0.326 e. The van der Waals surface area contributed by atoms with Crippen molar-refractivity contribution < 1.29 is 4.79 Å². The monoisotopic (exact) mass is 210 g/mol. The van der Waals surface area contributed by atoms with Gasteiger partial charge in [-0.15, -0.1) is 0 Å². The van der Waals surface area contributed by atoms with Crippen molar-refractivity contribution in [2.75, 3.05) is 6.54 Å². The molecule has 0 radical (unpaired) electrons. The summed E-state index contributed by atoms with van der Waals surface area (Å²) < 4.78 is 0. The number of hydrogen-bond donors (Lipinski definition) is 1. The van der Waals surface area contributed by atoms with Gasteiger partial charge in [0.15, 0.2) is 0 Å². The smallest absolute Gasteiger partial charge is 0.241 e. The highest BCUT2D eigenvalue weighted by molar-refractivity contribution is 5.84. The Labute approximate surface area is 92.2 Å². The molecule has 1 saturated heterocycles. The van der Waals surface area contributed by atoms with Crippen LogP contribution in [0, 0.1) is 5.92 Å². The van der Waals surface area contributed by atoms with Crippen LogP contribution in [0.4, 0.5) is 0 Å². The van der Waals surface area contributed by atoms with Crippen LogP contribution in [0.3, 0.4) is 0 Å². The summed E-state index contributed by atoms with van der Waals surface area (Å²) in [5.41, 5.74) is 0. The number of hydrogen-bond acceptors (Lipinski definition) is 2. The standard InChI is InChI=1S/C12H22N2O/c1-3-5-10-12(15)14(8-9-6-7-9)11(4-2)13-10/h9-11,13H,3-8H2,1-2H3. The molecule has 0 aromatic heterocycles. The van der Waals surface area contributed by atoms with Crippen LogP contribution in [0.25, 0.3) is 0 Å². The van der Waals surface area contributed by atoms with Gasteiger partial charge in [-0.1, -0.05) is 20.3 Å². The van der Waals surface area contributed by atoms with E-state index in [0.29, 0.717) is 12.1 Å². The van der Waals surface area contributed by atoms with Gasteiger partial charge in [0.25, 0.3) is 0 Å². The molecule has 2 rings (SSSR count). The van der Waals surface area contributed by atoms with Crippen molar-refractivity contribution in [3.05, 3.63) is 0 Å². The average Bonchev–Trinajstić information content (AvgIpc) is 2.99. The van der Waals surface area contributed by atoms with Crippen LogP contribution in [0.5, 0.6) is 0 Å². The molecule has 1 saturated carbocycles. The van der Waals surface area contributed by atoms with Crippen LogP contribution in [-0.2, 0) is 4.79 Å². The van der Waals surface area contributed by atoms with E-state index in [9.17, 15) is 4.79 Å². The lowest BCUT2D eigenvalue weighted by molar-refractivity contribution is -0.130. The molecule has 15 heavy (non-hydrogen) atoms. The molecule has 3 heteroatoms. The van der Waals surface area contributed by atoms with Gasteiger partial charge in [-0.3, -0.25) is 10.1 Å². The minimum Gasteiger partial charge on any atom is -0.326 e. The molecule has 1 heterocycles. The third-order valence-corrected chi connectivity index (χ3v) is 3.47. The Kier molecular flexibility index (Phi) is 3.29. The maximum Gasteiger partial charge on any atom is 0.241 e. The van der Waals surface area contributed by atoms with E-state index in [4.69, 9.17) is 0 Å². The molecule has 86 valence electrons. The zero-order chi connectivity index (χ0) is 10.8. The fraction of sp³-hybridized carbons (Fsp3) is 0.917. The zero-order valence-corrected chi connectivity index (χ0v) is 9.83. The second kappa shape index (κ2) is 4.52. The number of nitrogens with zero attached hydrogens (tertiary/aromatic N) is 1. The fourth-order valence-electron chi connectivity index (χ4n) is 2.38. The summed E-state index contributed by atoms with van der Waals surface area (Å²) in [6, 6.07) is 0.0960. The van der Waals surface area contributed by atoms with Gasteiger partial charge in [-0.25, -0.2) is 0 Å². The van der Waals surface area contributed by atoms with Crippen LogP contribution in [-0.4, -0.2) is 29.6 Å². The van der Waals surface area contributed by atoms with E-state index in [1.165, 1.54) is 12.8 Å². The average molecular weight is 210 g/mol. The van der Waals surface area contributed by atoms with Gasteiger partial charge in [-0.2, -0.15) is 0 Å². The lowest BCUT2D eigenvalue weighted by atomic mass is 10.1. The molecule has 2 aliphatic rings. The summed E-state index contributed by atoms with van der Waals surface area (Å²) in [5, 5.41) is 3.45. The van der Waals surface area contributed by atoms with Crippen molar-refractivity contribution in [3.63, 3.8) is 0 Å². The molecule has 0 aromatic rings. The zero-order valence-electron chi connectivity index (χ0n) is 9.83. The first-order chi connectivity index (χ1) is 7.26. The normalized spacial score (nSPS) is 31.3. The Hall–Kier alpha value is -0.570. The van der Waals surface area contributed by atoms with E-state index < -0.39 is 0 Å². The van der Waals surface area contributed by atoms with Gasteiger partial charge in [0.2, 0.25) is 5.91 Å². The molecule has 3 nitrogen and oxygen atoms in total. The van der Waals surface area contributed by atoms with E-state index in [1.54, 1.807) is 0 Å². The van der Waals surface area contributed by atoms with Gasteiger partial charge >= 0.3 is 0 Å². The third kappa shape index (κ3) is 2.33. The molecular weight excluding hydrogens is 188 g/mol. The maximum absolute atomic E-state index is 12.1. The van der Waals surface area contributed by atoms with Gasteiger partial charge in [0, 0.05) is 6.54 Å². The van der Waals surface area contributed by atoms with E-state index in [2.05, 4.69) is 24.1 Å². The van der Waals surface area contributed by atoms with E-state index in [0.717, 1.165) is 31.7 Å². The highest BCUT2D eigenvalue weighted by Gasteiger charge is 2.39. The first-order valence-electron chi connectivity index (χ1n) is 6.32. The summed E-state index contributed by atoms with van der Waals surface area (Å²) in [5.74, 6) is 1.14. The minimum atomic E-state index is 0.0960. The van der Waals surface area contributed by atoms with Crippen molar-refractivity contribution in [1.82, 2.24) is 10.2 Å². The molecule has 0 bridgehead atoms. The third-order valence-electron chi connectivity index (χ3n) is 3.47. The molecule has 1 N–H and O–H groups in total. The second-order valence-corrected chi connectivity index (χ2v) is 4.87. The first-order valence-corrected chi connectivity index (χ1v) is 6.32. The quantitative estimate of drug-likeness (QED) is 0.749. The summed E-state index contributed by atoms with van der Waals surface area (Å²) in [4.78, 5) is 14.2. The van der Waals surface area contributed by atoms with Crippen molar-refractivity contribution in [2.24, 2.45) is 5.92 Å². The van der Waals surface area contributed by atoms with E-state index >= 15 is 0 Å².